The molecule has 0 aliphatic heterocycles. The molecule has 1 unspecified atom stereocenters. The molecule has 0 spiro atoms. The molecular formula is C8H17NO2S. The first-order valence-electron chi connectivity index (χ1n) is 4.12. The van der Waals surface area contributed by atoms with Gasteiger partial charge in [-0.25, -0.2) is 9.79 Å². The van der Waals surface area contributed by atoms with Crippen LogP contribution < -0.4 is 0 Å². The van der Waals surface area contributed by atoms with E-state index in [2.05, 4.69) is 11.9 Å². The lowest BCUT2D eigenvalue weighted by Gasteiger charge is -2.28. The van der Waals surface area contributed by atoms with Crippen molar-refractivity contribution in [1.82, 2.24) is 0 Å². The smallest absolute Gasteiger partial charge is 0.234 e. The van der Waals surface area contributed by atoms with Crippen molar-refractivity contribution in [3.05, 3.63) is 0 Å². The van der Waals surface area contributed by atoms with E-state index in [0.717, 1.165) is 24.3 Å². The fourth-order valence-electron chi connectivity index (χ4n) is 1.04. The molecule has 0 amide bonds. The molecule has 0 saturated heterocycles. The lowest BCUT2D eigenvalue weighted by atomic mass is 10.5. The molecule has 0 aliphatic carbocycles. The summed E-state index contributed by atoms with van der Waals surface area (Å²) in [7, 11) is -1.40. The van der Waals surface area contributed by atoms with E-state index in [1.165, 1.54) is 6.08 Å². The summed E-state index contributed by atoms with van der Waals surface area (Å²) in [5.74, 6) is 1.67. The van der Waals surface area contributed by atoms with E-state index in [9.17, 15) is 9.35 Å². The minimum Gasteiger partial charge on any atom is -0.352 e. The number of hydrogen-bond acceptors (Lipinski definition) is 3. The molecular weight excluding hydrogens is 174 g/mol. The van der Waals surface area contributed by atoms with E-state index in [1.54, 1.807) is 0 Å². The van der Waals surface area contributed by atoms with Crippen LogP contribution in [0.1, 0.15) is 19.8 Å². The van der Waals surface area contributed by atoms with E-state index in [-0.39, 0.29) is 0 Å². The number of hydrogen-bond donors (Lipinski definition) is 1. The van der Waals surface area contributed by atoms with E-state index in [0.29, 0.717) is 6.54 Å². The highest BCUT2D eigenvalue weighted by atomic mass is 32.3. The summed E-state index contributed by atoms with van der Waals surface area (Å²) in [5, 5.41) is 0. The van der Waals surface area contributed by atoms with E-state index in [1.807, 2.05) is 6.26 Å². The molecule has 0 rings (SSSR count). The third-order valence-electron chi connectivity index (χ3n) is 1.56. The standard InChI is InChI=1S/C8H17NO2S/c1-3-6-12(2,11)7-4-5-9-8-10/h11H,3-7H2,1-2H3. The summed E-state index contributed by atoms with van der Waals surface area (Å²) in [6, 6.07) is 0. The predicted molar refractivity (Wildman–Crippen MR) is 53.8 cm³/mol. The van der Waals surface area contributed by atoms with Crippen LogP contribution in [0.3, 0.4) is 0 Å². The molecule has 3 nitrogen and oxygen atoms in total. The van der Waals surface area contributed by atoms with Crippen molar-refractivity contribution in [3.63, 3.8) is 0 Å². The zero-order valence-corrected chi connectivity index (χ0v) is 8.56. The Labute approximate surface area is 75.4 Å². The van der Waals surface area contributed by atoms with Gasteiger partial charge in [0.2, 0.25) is 6.08 Å². The second-order valence-electron chi connectivity index (χ2n) is 2.96. The molecule has 0 heterocycles. The van der Waals surface area contributed by atoms with E-state index < -0.39 is 10.3 Å². The molecule has 1 N–H and O–H groups in total. The minimum absolute atomic E-state index is 0.496. The first kappa shape index (κ1) is 11.7. The maximum atomic E-state index is 9.76. The molecule has 0 radical (unpaired) electrons. The second kappa shape index (κ2) is 6.23. The first-order chi connectivity index (χ1) is 5.62. The monoisotopic (exact) mass is 191 g/mol. The maximum Gasteiger partial charge on any atom is 0.234 e. The fraction of sp³-hybridized carbons (Fsp3) is 0.875. The minimum atomic E-state index is -1.40. The van der Waals surface area contributed by atoms with Gasteiger partial charge < -0.3 is 4.55 Å². The van der Waals surface area contributed by atoms with Crippen molar-refractivity contribution in [3.8, 4) is 0 Å². The van der Waals surface area contributed by atoms with Gasteiger partial charge in [0.1, 0.15) is 0 Å². The molecule has 72 valence electrons. The third kappa shape index (κ3) is 6.40. The summed E-state index contributed by atoms with van der Waals surface area (Å²) in [6.07, 6.45) is 5.19. The lowest BCUT2D eigenvalue weighted by molar-refractivity contribution is 0.562. The Morgan fingerprint density at radius 1 is 1.50 bits per heavy atom. The highest BCUT2D eigenvalue weighted by molar-refractivity contribution is 8.28. The summed E-state index contributed by atoms with van der Waals surface area (Å²) >= 11 is 0. The van der Waals surface area contributed by atoms with Crippen LogP contribution in [0.2, 0.25) is 0 Å². The predicted octanol–water partition coefficient (Wildman–Crippen LogP) is 2.03. The highest BCUT2D eigenvalue weighted by Crippen LogP contribution is 2.39. The number of aliphatic imine (C=N–C) groups is 1. The van der Waals surface area contributed by atoms with Gasteiger partial charge in [0.25, 0.3) is 0 Å². The van der Waals surface area contributed by atoms with Gasteiger partial charge in [-0.1, -0.05) is 6.92 Å². The van der Waals surface area contributed by atoms with Crippen molar-refractivity contribution in [2.24, 2.45) is 4.99 Å². The number of nitrogens with zero attached hydrogens (tertiary/aromatic N) is 1. The summed E-state index contributed by atoms with van der Waals surface area (Å²) < 4.78 is 9.76. The Morgan fingerprint density at radius 2 is 2.17 bits per heavy atom. The summed E-state index contributed by atoms with van der Waals surface area (Å²) in [6.45, 7) is 2.56. The first-order valence-corrected chi connectivity index (χ1v) is 6.46. The maximum absolute atomic E-state index is 9.76. The van der Waals surface area contributed by atoms with Gasteiger partial charge in [0.05, 0.1) is 6.54 Å². The molecule has 12 heavy (non-hydrogen) atoms. The Hall–Kier alpha value is -0.310. The van der Waals surface area contributed by atoms with Crippen molar-refractivity contribution in [2.45, 2.75) is 19.8 Å². The second-order valence-corrected chi connectivity index (χ2v) is 6.22. The fourth-order valence-corrected chi connectivity index (χ4v) is 2.88. The number of isocyanates is 1. The Morgan fingerprint density at radius 3 is 2.67 bits per heavy atom. The van der Waals surface area contributed by atoms with Crippen LogP contribution >= 0.6 is 10.3 Å². The topological polar surface area (TPSA) is 49.7 Å². The Kier molecular flexibility index (Phi) is 6.07. The van der Waals surface area contributed by atoms with Crippen LogP contribution in [0.25, 0.3) is 0 Å². The van der Waals surface area contributed by atoms with E-state index in [4.69, 9.17) is 0 Å². The van der Waals surface area contributed by atoms with Gasteiger partial charge in [-0.15, -0.1) is 10.3 Å². The average Bonchev–Trinajstić information content (AvgIpc) is 1.98. The van der Waals surface area contributed by atoms with Crippen molar-refractivity contribution in [1.29, 1.82) is 0 Å². The number of rotatable bonds is 6. The van der Waals surface area contributed by atoms with Crippen molar-refractivity contribution >= 4 is 16.4 Å². The Bertz CT molecular complexity index is 164. The molecule has 0 fully saturated rings. The van der Waals surface area contributed by atoms with Crippen LogP contribution in [0.4, 0.5) is 0 Å². The molecule has 0 aromatic rings. The van der Waals surface area contributed by atoms with Gasteiger partial charge in [-0.2, -0.15) is 0 Å². The van der Waals surface area contributed by atoms with Crippen LogP contribution in [-0.2, 0) is 4.79 Å². The lowest BCUT2D eigenvalue weighted by Crippen LogP contribution is -2.07. The van der Waals surface area contributed by atoms with Gasteiger partial charge in [-0.3, -0.25) is 0 Å². The molecule has 0 aromatic carbocycles. The van der Waals surface area contributed by atoms with Gasteiger partial charge >= 0.3 is 0 Å². The molecule has 1 atom stereocenters. The zero-order chi connectivity index (χ0) is 9.45. The number of carbonyl (C=O) groups excluding carboxylic acids is 1. The summed E-state index contributed by atoms with van der Waals surface area (Å²) in [5.41, 5.74) is 0. The van der Waals surface area contributed by atoms with E-state index >= 15 is 0 Å². The average molecular weight is 191 g/mol. The van der Waals surface area contributed by atoms with Crippen molar-refractivity contribution in [2.75, 3.05) is 24.3 Å². The molecule has 4 heteroatoms. The van der Waals surface area contributed by atoms with Crippen LogP contribution in [0, 0.1) is 0 Å². The quantitative estimate of drug-likeness (QED) is 0.397. The molecule has 0 bridgehead atoms. The largest absolute Gasteiger partial charge is 0.352 e. The molecule has 0 aliphatic rings. The van der Waals surface area contributed by atoms with Gasteiger partial charge in [0, 0.05) is 5.75 Å². The molecule has 0 saturated carbocycles. The SMILES string of the molecule is CCCS(C)(O)CCCN=C=O. The normalized spacial score (nSPS) is 17.6. The van der Waals surface area contributed by atoms with Gasteiger partial charge in [-0.05, 0) is 24.9 Å². The zero-order valence-electron chi connectivity index (χ0n) is 7.75. The van der Waals surface area contributed by atoms with Crippen LogP contribution in [0.15, 0.2) is 4.99 Å². The van der Waals surface area contributed by atoms with Crippen molar-refractivity contribution < 1.29 is 9.35 Å². The third-order valence-corrected chi connectivity index (χ3v) is 4.02. The van der Waals surface area contributed by atoms with Gasteiger partial charge in [0.15, 0.2) is 0 Å². The van der Waals surface area contributed by atoms with Crippen LogP contribution in [0.5, 0.6) is 0 Å². The molecule has 0 aromatic heterocycles. The van der Waals surface area contributed by atoms with Crippen LogP contribution in [-0.4, -0.2) is 34.9 Å². The highest BCUT2D eigenvalue weighted by Gasteiger charge is 2.11. The summed E-state index contributed by atoms with van der Waals surface area (Å²) in [4.78, 5) is 13.1. The Balaban J connectivity index is 3.52.